The fourth-order valence-electron chi connectivity index (χ4n) is 2.64. The van der Waals surface area contributed by atoms with Crippen LogP contribution in [-0.4, -0.2) is 25.9 Å². The van der Waals surface area contributed by atoms with Crippen LogP contribution in [0.2, 0.25) is 10.0 Å². The van der Waals surface area contributed by atoms with E-state index in [-0.39, 0.29) is 18.3 Å². The van der Waals surface area contributed by atoms with Crippen molar-refractivity contribution in [2.24, 2.45) is 0 Å². The molecule has 1 amide bonds. The summed E-state index contributed by atoms with van der Waals surface area (Å²) in [6, 6.07) is 14.2. The van der Waals surface area contributed by atoms with Crippen LogP contribution in [0, 0.1) is 0 Å². The van der Waals surface area contributed by atoms with Crippen LogP contribution < -0.4 is 10.1 Å². The summed E-state index contributed by atoms with van der Waals surface area (Å²) in [5.74, 6) is 0.359. The highest BCUT2D eigenvalue weighted by Gasteiger charge is 2.14. The zero-order valence-electron chi connectivity index (χ0n) is 15.3. The third-order valence-electron chi connectivity index (χ3n) is 4.10. The van der Waals surface area contributed by atoms with E-state index >= 15 is 0 Å². The molecule has 10 heteroatoms. The number of benzene rings is 2. The van der Waals surface area contributed by atoms with Crippen molar-refractivity contribution >= 4 is 50.7 Å². The maximum atomic E-state index is 12.5. The summed E-state index contributed by atoms with van der Waals surface area (Å²) in [6.07, 6.45) is 3.21. The van der Waals surface area contributed by atoms with Gasteiger partial charge < -0.3 is 10.1 Å². The van der Waals surface area contributed by atoms with Gasteiger partial charge in [-0.25, -0.2) is 4.68 Å². The second-order valence-electron chi connectivity index (χ2n) is 6.24. The summed E-state index contributed by atoms with van der Waals surface area (Å²) in [6.45, 7) is 0.209. The van der Waals surface area contributed by atoms with Crippen molar-refractivity contribution in [3.63, 3.8) is 0 Å². The maximum Gasteiger partial charge on any atom is 0.273 e. The first-order chi connectivity index (χ1) is 14.5. The quantitative estimate of drug-likeness (QED) is 0.355. The predicted molar refractivity (Wildman–Crippen MR) is 119 cm³/mol. The monoisotopic (exact) mass is 505 g/mol. The molecule has 2 aromatic heterocycles. The Labute approximate surface area is 190 Å². The lowest BCUT2D eigenvalue weighted by Crippen LogP contribution is -2.12. The van der Waals surface area contributed by atoms with E-state index in [4.69, 9.17) is 27.9 Å². The molecule has 0 spiro atoms. The highest BCUT2D eigenvalue weighted by Crippen LogP contribution is 2.29. The van der Waals surface area contributed by atoms with Gasteiger partial charge in [0.05, 0.1) is 28.8 Å². The van der Waals surface area contributed by atoms with E-state index in [1.54, 1.807) is 35.1 Å². The predicted octanol–water partition coefficient (Wildman–Crippen LogP) is 5.63. The Morgan fingerprint density at radius 1 is 1.17 bits per heavy atom. The van der Waals surface area contributed by atoms with Gasteiger partial charge in [-0.3, -0.25) is 9.89 Å². The molecule has 0 bridgehead atoms. The molecule has 2 N–H and O–H groups in total. The average Bonchev–Trinajstić information content (AvgIpc) is 3.37. The number of nitrogens with one attached hydrogen (secondary N) is 2. The number of hydrogen-bond acceptors (Lipinski definition) is 4. The van der Waals surface area contributed by atoms with Gasteiger partial charge in [-0.05, 0) is 48.5 Å². The minimum atomic E-state index is -0.354. The summed E-state index contributed by atoms with van der Waals surface area (Å²) in [5, 5.41) is 14.8. The molecule has 0 unspecified atom stereocenters. The highest BCUT2D eigenvalue weighted by molar-refractivity contribution is 9.10. The van der Waals surface area contributed by atoms with Crippen molar-refractivity contribution in [2.75, 3.05) is 5.32 Å². The standard InChI is InChI=1S/C20H14BrCl2N5O2/c21-12-1-4-15(5-2-12)30-11-28-10-14(9-24-28)25-20(29)19-8-18(26-27-19)16-6-3-13(22)7-17(16)23/h1-10H,11H2,(H,25,29)(H,26,27). The van der Waals surface area contributed by atoms with Crippen molar-refractivity contribution in [1.29, 1.82) is 0 Å². The molecular formula is C20H14BrCl2N5O2. The molecule has 0 aliphatic rings. The smallest absolute Gasteiger partial charge is 0.273 e. The van der Waals surface area contributed by atoms with Gasteiger partial charge in [0.1, 0.15) is 11.4 Å². The van der Waals surface area contributed by atoms with E-state index in [0.29, 0.717) is 32.7 Å². The lowest BCUT2D eigenvalue weighted by molar-refractivity contribution is 0.102. The zero-order valence-corrected chi connectivity index (χ0v) is 18.4. The van der Waals surface area contributed by atoms with Gasteiger partial charge in [-0.1, -0.05) is 39.1 Å². The molecule has 2 heterocycles. The number of rotatable bonds is 6. The average molecular weight is 507 g/mol. The van der Waals surface area contributed by atoms with Crippen LogP contribution in [0.15, 0.2) is 65.4 Å². The van der Waals surface area contributed by atoms with Crippen molar-refractivity contribution in [3.8, 4) is 17.0 Å². The number of ether oxygens (including phenoxy) is 1. The number of hydrogen-bond donors (Lipinski definition) is 2. The number of aromatic nitrogens is 4. The van der Waals surface area contributed by atoms with Crippen molar-refractivity contribution in [1.82, 2.24) is 20.0 Å². The van der Waals surface area contributed by atoms with Crippen LogP contribution >= 0.6 is 39.1 Å². The Morgan fingerprint density at radius 3 is 2.73 bits per heavy atom. The summed E-state index contributed by atoms with van der Waals surface area (Å²) in [5.41, 5.74) is 2.03. The van der Waals surface area contributed by atoms with Gasteiger partial charge in [-0.2, -0.15) is 10.2 Å². The summed E-state index contributed by atoms with van der Waals surface area (Å²) < 4.78 is 8.20. The van der Waals surface area contributed by atoms with E-state index in [1.807, 2.05) is 24.3 Å². The third-order valence-corrected chi connectivity index (χ3v) is 5.17. The molecular weight excluding hydrogens is 493 g/mol. The number of halogens is 3. The van der Waals surface area contributed by atoms with Gasteiger partial charge in [0, 0.05) is 15.1 Å². The van der Waals surface area contributed by atoms with Gasteiger partial charge in [0.25, 0.3) is 5.91 Å². The van der Waals surface area contributed by atoms with E-state index in [9.17, 15) is 4.79 Å². The first-order valence-electron chi connectivity index (χ1n) is 8.71. The topological polar surface area (TPSA) is 84.8 Å². The Kier molecular flexibility index (Phi) is 6.08. The lowest BCUT2D eigenvalue weighted by atomic mass is 10.1. The largest absolute Gasteiger partial charge is 0.471 e. The molecule has 4 aromatic rings. The number of H-pyrrole nitrogens is 1. The first kappa shape index (κ1) is 20.5. The number of carbonyl (C=O) groups excluding carboxylic acids is 1. The molecule has 7 nitrogen and oxygen atoms in total. The number of nitrogens with zero attached hydrogens (tertiary/aromatic N) is 3. The molecule has 152 valence electrons. The Balaban J connectivity index is 1.38. The van der Waals surface area contributed by atoms with Crippen LogP contribution in [0.4, 0.5) is 5.69 Å². The fourth-order valence-corrected chi connectivity index (χ4v) is 3.41. The summed E-state index contributed by atoms with van der Waals surface area (Å²) in [4.78, 5) is 12.5. The molecule has 2 aromatic carbocycles. The van der Waals surface area contributed by atoms with Gasteiger partial charge >= 0.3 is 0 Å². The molecule has 0 saturated heterocycles. The molecule has 30 heavy (non-hydrogen) atoms. The summed E-state index contributed by atoms with van der Waals surface area (Å²) in [7, 11) is 0. The molecule has 0 atom stereocenters. The van der Waals surface area contributed by atoms with E-state index in [0.717, 1.165) is 4.47 Å². The van der Waals surface area contributed by atoms with Crippen LogP contribution in [0.1, 0.15) is 10.5 Å². The number of aromatic amines is 1. The number of anilines is 1. The molecule has 0 saturated carbocycles. The summed E-state index contributed by atoms with van der Waals surface area (Å²) >= 11 is 15.5. The molecule has 0 aliphatic carbocycles. The van der Waals surface area contributed by atoms with Gasteiger partial charge in [0.2, 0.25) is 0 Å². The SMILES string of the molecule is O=C(Nc1cnn(COc2ccc(Br)cc2)c1)c1cc(-c2ccc(Cl)cc2Cl)n[nH]1. The molecule has 0 radical (unpaired) electrons. The fraction of sp³-hybridized carbons (Fsp3) is 0.0500. The second kappa shape index (κ2) is 8.91. The minimum Gasteiger partial charge on any atom is -0.471 e. The van der Waals surface area contributed by atoms with Crippen molar-refractivity contribution in [3.05, 3.63) is 81.1 Å². The van der Waals surface area contributed by atoms with Crippen LogP contribution in [0.25, 0.3) is 11.3 Å². The van der Waals surface area contributed by atoms with Crippen molar-refractivity contribution < 1.29 is 9.53 Å². The van der Waals surface area contributed by atoms with Crippen LogP contribution in [0.5, 0.6) is 5.75 Å². The van der Waals surface area contributed by atoms with E-state index < -0.39 is 0 Å². The van der Waals surface area contributed by atoms with Crippen LogP contribution in [0.3, 0.4) is 0 Å². The first-order valence-corrected chi connectivity index (χ1v) is 10.3. The van der Waals surface area contributed by atoms with Gasteiger partial charge in [-0.15, -0.1) is 0 Å². The lowest BCUT2D eigenvalue weighted by Gasteiger charge is -2.05. The Bertz CT molecular complexity index is 1190. The van der Waals surface area contributed by atoms with E-state index in [1.165, 1.54) is 6.20 Å². The number of carbonyl (C=O) groups is 1. The Morgan fingerprint density at radius 2 is 1.97 bits per heavy atom. The highest BCUT2D eigenvalue weighted by atomic mass is 79.9. The molecule has 0 fully saturated rings. The minimum absolute atomic E-state index is 0.209. The van der Waals surface area contributed by atoms with E-state index in [2.05, 4.69) is 36.5 Å². The second-order valence-corrected chi connectivity index (χ2v) is 8.00. The zero-order chi connectivity index (χ0) is 21.1. The maximum absolute atomic E-state index is 12.5. The van der Waals surface area contributed by atoms with Gasteiger partial charge in [0.15, 0.2) is 6.73 Å². The van der Waals surface area contributed by atoms with Crippen molar-refractivity contribution in [2.45, 2.75) is 6.73 Å². The Hall–Kier alpha value is -2.81. The third kappa shape index (κ3) is 4.84. The number of amides is 1. The molecule has 4 rings (SSSR count). The molecule has 0 aliphatic heterocycles. The van der Waals surface area contributed by atoms with Crippen LogP contribution in [-0.2, 0) is 6.73 Å². The normalized spacial score (nSPS) is 10.8.